The normalized spacial score (nSPS) is 10.6. The van der Waals surface area contributed by atoms with Crippen molar-refractivity contribution in [3.8, 4) is 10.8 Å². The van der Waals surface area contributed by atoms with Gasteiger partial charge in [0, 0.05) is 10.4 Å². The third-order valence-electron chi connectivity index (χ3n) is 3.18. The summed E-state index contributed by atoms with van der Waals surface area (Å²) in [6.07, 6.45) is 0. The smallest absolute Gasteiger partial charge is 0.275 e. The van der Waals surface area contributed by atoms with Gasteiger partial charge in [-0.05, 0) is 37.3 Å². The van der Waals surface area contributed by atoms with Gasteiger partial charge in [0.1, 0.15) is 11.5 Å². The Hall–Kier alpha value is -2.64. The molecule has 0 atom stereocenters. The molecular weight excluding hydrogens is 350 g/mol. The standard InChI is InChI=1S/C16H12ClN3O3S/c1-8-2-5-13(23-8)16-20-12(7-24-16)15(22)19-11-6-9(17)3-4-10(11)14(18)21/h2-7H,1H3,(H2,18,21)(H,19,22). The molecule has 0 aliphatic heterocycles. The molecule has 0 bridgehead atoms. The van der Waals surface area contributed by atoms with Crippen molar-refractivity contribution in [1.82, 2.24) is 4.98 Å². The largest absolute Gasteiger partial charge is 0.459 e. The molecule has 0 aliphatic rings. The highest BCUT2D eigenvalue weighted by Gasteiger charge is 2.17. The first kappa shape index (κ1) is 16.2. The number of aryl methyl sites for hydroxylation is 1. The van der Waals surface area contributed by atoms with Crippen molar-refractivity contribution in [1.29, 1.82) is 0 Å². The molecule has 3 N–H and O–H groups in total. The molecule has 0 aliphatic carbocycles. The first-order valence-electron chi connectivity index (χ1n) is 6.87. The van der Waals surface area contributed by atoms with Crippen LogP contribution in [0.2, 0.25) is 5.02 Å². The number of carbonyl (C=O) groups is 2. The molecular formula is C16H12ClN3O3S. The summed E-state index contributed by atoms with van der Waals surface area (Å²) in [6.45, 7) is 1.83. The first-order chi connectivity index (χ1) is 11.4. The summed E-state index contributed by atoms with van der Waals surface area (Å²) in [7, 11) is 0. The number of anilines is 1. The van der Waals surface area contributed by atoms with Crippen LogP contribution in [-0.4, -0.2) is 16.8 Å². The van der Waals surface area contributed by atoms with Crippen LogP contribution in [0, 0.1) is 6.92 Å². The average molecular weight is 362 g/mol. The number of furan rings is 1. The number of carbonyl (C=O) groups excluding carboxylic acids is 2. The highest BCUT2D eigenvalue weighted by Crippen LogP contribution is 2.26. The molecule has 122 valence electrons. The summed E-state index contributed by atoms with van der Waals surface area (Å²) < 4.78 is 5.48. The lowest BCUT2D eigenvalue weighted by Gasteiger charge is -2.08. The van der Waals surface area contributed by atoms with Crippen LogP contribution in [0.5, 0.6) is 0 Å². The van der Waals surface area contributed by atoms with Crippen molar-refractivity contribution in [2.24, 2.45) is 5.73 Å². The van der Waals surface area contributed by atoms with Crippen LogP contribution in [0.1, 0.15) is 26.6 Å². The minimum atomic E-state index is -0.660. The van der Waals surface area contributed by atoms with Crippen LogP contribution in [0.3, 0.4) is 0 Å². The van der Waals surface area contributed by atoms with Gasteiger partial charge in [0.2, 0.25) is 0 Å². The van der Waals surface area contributed by atoms with Gasteiger partial charge in [-0.15, -0.1) is 11.3 Å². The summed E-state index contributed by atoms with van der Waals surface area (Å²) in [4.78, 5) is 28.1. The van der Waals surface area contributed by atoms with E-state index in [0.717, 1.165) is 5.76 Å². The van der Waals surface area contributed by atoms with Crippen LogP contribution in [0.25, 0.3) is 10.8 Å². The molecule has 3 rings (SSSR count). The number of thiazole rings is 1. The van der Waals surface area contributed by atoms with Gasteiger partial charge in [-0.1, -0.05) is 11.6 Å². The number of rotatable bonds is 4. The molecule has 1 aromatic carbocycles. The molecule has 8 heteroatoms. The topological polar surface area (TPSA) is 98.2 Å². The van der Waals surface area contributed by atoms with Gasteiger partial charge in [-0.25, -0.2) is 4.98 Å². The molecule has 0 saturated heterocycles. The monoisotopic (exact) mass is 361 g/mol. The molecule has 0 fully saturated rings. The van der Waals surface area contributed by atoms with Crippen molar-refractivity contribution in [3.63, 3.8) is 0 Å². The Morgan fingerprint density at radius 2 is 2.08 bits per heavy atom. The zero-order valence-electron chi connectivity index (χ0n) is 12.5. The van der Waals surface area contributed by atoms with Crippen LogP contribution in [0.4, 0.5) is 5.69 Å². The number of hydrogen-bond acceptors (Lipinski definition) is 5. The van der Waals surface area contributed by atoms with Gasteiger partial charge in [0.25, 0.3) is 11.8 Å². The summed E-state index contributed by atoms with van der Waals surface area (Å²) in [5.41, 5.74) is 5.92. The van der Waals surface area contributed by atoms with E-state index in [1.54, 1.807) is 11.4 Å². The third-order valence-corrected chi connectivity index (χ3v) is 4.28. The van der Waals surface area contributed by atoms with Gasteiger partial charge < -0.3 is 15.5 Å². The Morgan fingerprint density at radius 3 is 2.75 bits per heavy atom. The molecule has 6 nitrogen and oxygen atoms in total. The summed E-state index contributed by atoms with van der Waals surface area (Å²) >= 11 is 7.19. The maximum Gasteiger partial charge on any atom is 0.275 e. The molecule has 0 radical (unpaired) electrons. The third kappa shape index (κ3) is 3.32. The van der Waals surface area contributed by atoms with E-state index in [9.17, 15) is 9.59 Å². The fourth-order valence-electron chi connectivity index (χ4n) is 2.06. The number of amides is 2. The van der Waals surface area contributed by atoms with Crippen molar-refractivity contribution < 1.29 is 14.0 Å². The molecule has 0 unspecified atom stereocenters. The summed E-state index contributed by atoms with van der Waals surface area (Å²) in [5, 5.41) is 5.18. The number of benzene rings is 1. The Balaban J connectivity index is 1.85. The quantitative estimate of drug-likeness (QED) is 0.739. The summed E-state index contributed by atoms with van der Waals surface area (Å²) in [5.74, 6) is 0.228. The number of nitrogens with zero attached hydrogens (tertiary/aromatic N) is 1. The van der Waals surface area contributed by atoms with Gasteiger partial charge in [0.05, 0.1) is 11.3 Å². The zero-order chi connectivity index (χ0) is 17.3. The lowest BCUT2D eigenvalue weighted by Crippen LogP contribution is -2.18. The van der Waals surface area contributed by atoms with Crippen molar-refractivity contribution in [2.45, 2.75) is 6.92 Å². The van der Waals surface area contributed by atoms with Crippen molar-refractivity contribution in [3.05, 3.63) is 57.8 Å². The van der Waals surface area contributed by atoms with Crippen LogP contribution >= 0.6 is 22.9 Å². The fourth-order valence-corrected chi connectivity index (χ4v) is 2.99. The molecule has 24 heavy (non-hydrogen) atoms. The number of nitrogens with two attached hydrogens (primary N) is 1. The van der Waals surface area contributed by atoms with E-state index >= 15 is 0 Å². The average Bonchev–Trinajstić information content (AvgIpc) is 3.15. The van der Waals surface area contributed by atoms with E-state index < -0.39 is 11.8 Å². The van der Waals surface area contributed by atoms with Crippen LogP contribution in [0.15, 0.2) is 40.1 Å². The Morgan fingerprint density at radius 1 is 1.29 bits per heavy atom. The molecule has 2 aromatic heterocycles. The lowest BCUT2D eigenvalue weighted by molar-refractivity contribution is 0.100. The van der Waals surface area contributed by atoms with E-state index in [2.05, 4.69) is 10.3 Å². The van der Waals surface area contributed by atoms with E-state index in [1.807, 2.05) is 13.0 Å². The molecule has 0 saturated carbocycles. The predicted octanol–water partition coefficient (Wildman–Crippen LogP) is 3.72. The minimum absolute atomic E-state index is 0.171. The number of nitrogens with one attached hydrogen (secondary N) is 1. The Kier molecular flexibility index (Phi) is 4.37. The number of hydrogen-bond donors (Lipinski definition) is 2. The lowest BCUT2D eigenvalue weighted by atomic mass is 10.1. The van der Waals surface area contributed by atoms with Crippen molar-refractivity contribution in [2.75, 3.05) is 5.32 Å². The predicted molar refractivity (Wildman–Crippen MR) is 92.5 cm³/mol. The summed E-state index contributed by atoms with van der Waals surface area (Å²) in [6, 6.07) is 8.05. The van der Waals surface area contributed by atoms with E-state index in [-0.39, 0.29) is 16.9 Å². The van der Waals surface area contributed by atoms with E-state index in [4.69, 9.17) is 21.8 Å². The fraction of sp³-hybridized carbons (Fsp3) is 0.0625. The van der Waals surface area contributed by atoms with Gasteiger partial charge in [-0.3, -0.25) is 9.59 Å². The molecule has 2 heterocycles. The SMILES string of the molecule is Cc1ccc(-c2nc(C(=O)Nc3cc(Cl)ccc3C(N)=O)cs2)o1. The van der Waals surface area contributed by atoms with Crippen molar-refractivity contribution >= 4 is 40.4 Å². The number of halogens is 1. The van der Waals surface area contributed by atoms with Gasteiger partial charge in [0.15, 0.2) is 10.8 Å². The zero-order valence-corrected chi connectivity index (χ0v) is 14.1. The highest BCUT2D eigenvalue weighted by molar-refractivity contribution is 7.13. The first-order valence-corrected chi connectivity index (χ1v) is 8.13. The van der Waals surface area contributed by atoms with Gasteiger partial charge in [-0.2, -0.15) is 0 Å². The Bertz CT molecular complexity index is 932. The van der Waals surface area contributed by atoms with Crippen LogP contribution < -0.4 is 11.1 Å². The number of aromatic nitrogens is 1. The second kappa shape index (κ2) is 6.46. The minimum Gasteiger partial charge on any atom is -0.459 e. The highest BCUT2D eigenvalue weighted by atomic mass is 35.5. The molecule has 0 spiro atoms. The second-order valence-electron chi connectivity index (χ2n) is 4.96. The maximum atomic E-state index is 12.4. The number of primary amides is 1. The van der Waals surface area contributed by atoms with E-state index in [1.165, 1.54) is 29.5 Å². The molecule has 3 aromatic rings. The van der Waals surface area contributed by atoms with Gasteiger partial charge >= 0.3 is 0 Å². The van der Waals surface area contributed by atoms with Crippen LogP contribution in [-0.2, 0) is 0 Å². The second-order valence-corrected chi connectivity index (χ2v) is 6.25. The maximum absolute atomic E-state index is 12.4. The molecule has 2 amide bonds. The Labute approximate surface area is 146 Å². The van der Waals surface area contributed by atoms with E-state index in [0.29, 0.717) is 15.8 Å².